The van der Waals surface area contributed by atoms with Gasteiger partial charge in [0.15, 0.2) is 0 Å². The summed E-state index contributed by atoms with van der Waals surface area (Å²) in [6.07, 6.45) is -0.136. The zero-order valence-electron chi connectivity index (χ0n) is 9.47. The quantitative estimate of drug-likeness (QED) is 0.862. The van der Waals surface area contributed by atoms with Crippen molar-refractivity contribution in [2.24, 2.45) is 0 Å². The van der Waals surface area contributed by atoms with Crippen molar-refractivity contribution in [3.63, 3.8) is 0 Å². The Morgan fingerprint density at radius 1 is 1.38 bits per heavy atom. The minimum absolute atomic E-state index is 0.0243. The van der Waals surface area contributed by atoms with Gasteiger partial charge < -0.3 is 5.11 Å². The molecule has 1 N–H and O–H groups in total. The van der Waals surface area contributed by atoms with Crippen LogP contribution in [-0.4, -0.2) is 11.1 Å². The van der Waals surface area contributed by atoms with Crippen molar-refractivity contribution in [1.82, 2.24) is 0 Å². The fraction of sp³-hybridized carbons (Fsp3) is 0.417. The molecular weight excluding hydrogens is 214 g/mol. The molecule has 1 unspecified atom stereocenters. The highest BCUT2D eigenvalue weighted by atomic mass is 19.1. The summed E-state index contributed by atoms with van der Waals surface area (Å²) in [7, 11) is 0. The maximum atomic E-state index is 13.6. The average molecular weight is 228 g/mol. The second-order valence-electron chi connectivity index (χ2n) is 4.01. The third-order valence-corrected chi connectivity index (χ3v) is 2.74. The Balaban J connectivity index is 3.19. The van der Waals surface area contributed by atoms with Gasteiger partial charge in [-0.05, 0) is 37.0 Å². The zero-order chi connectivity index (χ0) is 12.5. The van der Waals surface area contributed by atoms with E-state index in [1.165, 1.54) is 19.9 Å². The maximum absolute atomic E-state index is 13.6. The van der Waals surface area contributed by atoms with Gasteiger partial charge in [0, 0.05) is 5.56 Å². The molecule has 2 nitrogen and oxygen atoms in total. The molecule has 0 saturated carbocycles. The van der Waals surface area contributed by atoms with Gasteiger partial charge in [0.1, 0.15) is 11.6 Å². The van der Waals surface area contributed by atoms with Crippen LogP contribution in [0.25, 0.3) is 0 Å². The third-order valence-electron chi connectivity index (χ3n) is 2.74. The normalized spacial score (nSPS) is 12.6. The molecule has 0 aliphatic heterocycles. The molecule has 0 bridgehead atoms. The van der Waals surface area contributed by atoms with E-state index in [4.69, 9.17) is 5.11 Å². The van der Waals surface area contributed by atoms with E-state index < -0.39 is 23.5 Å². The highest BCUT2D eigenvalue weighted by Crippen LogP contribution is 2.27. The highest BCUT2D eigenvalue weighted by molar-refractivity contribution is 5.68. The molecule has 16 heavy (non-hydrogen) atoms. The van der Waals surface area contributed by atoms with Crippen LogP contribution in [0.1, 0.15) is 36.0 Å². The highest BCUT2D eigenvalue weighted by Gasteiger charge is 2.18. The fourth-order valence-corrected chi connectivity index (χ4v) is 1.75. The van der Waals surface area contributed by atoms with Crippen molar-refractivity contribution >= 4 is 5.97 Å². The average Bonchev–Trinajstić information content (AvgIpc) is 2.19. The lowest BCUT2D eigenvalue weighted by atomic mass is 9.92. The first-order chi connectivity index (χ1) is 7.34. The molecule has 1 atom stereocenters. The van der Waals surface area contributed by atoms with Crippen molar-refractivity contribution in [2.45, 2.75) is 33.1 Å². The number of carboxylic acid groups (broad SMARTS) is 1. The van der Waals surface area contributed by atoms with Crippen molar-refractivity contribution in [3.8, 4) is 0 Å². The first-order valence-electron chi connectivity index (χ1n) is 5.01. The molecule has 0 amide bonds. The first kappa shape index (κ1) is 12.6. The number of carboxylic acids is 1. The van der Waals surface area contributed by atoms with Crippen molar-refractivity contribution in [1.29, 1.82) is 0 Å². The summed E-state index contributed by atoms with van der Waals surface area (Å²) in [4.78, 5) is 10.5. The van der Waals surface area contributed by atoms with E-state index in [9.17, 15) is 13.6 Å². The molecule has 1 aromatic carbocycles. The lowest BCUT2D eigenvalue weighted by Crippen LogP contribution is -2.07. The Kier molecular flexibility index (Phi) is 3.62. The van der Waals surface area contributed by atoms with Crippen molar-refractivity contribution in [2.75, 3.05) is 0 Å². The third kappa shape index (κ3) is 2.38. The standard InChI is InChI=1S/C12H14F2O2/c1-6(4-11(15)16)9-5-10(13)8(3)12(14)7(9)2/h5-6H,4H2,1-3H3,(H,15,16). The van der Waals surface area contributed by atoms with Gasteiger partial charge in [-0.15, -0.1) is 0 Å². The van der Waals surface area contributed by atoms with Gasteiger partial charge in [-0.1, -0.05) is 6.92 Å². The Bertz CT molecular complexity index is 428. The minimum atomic E-state index is -0.978. The van der Waals surface area contributed by atoms with Gasteiger partial charge in [0.25, 0.3) is 0 Å². The van der Waals surface area contributed by atoms with E-state index in [1.54, 1.807) is 6.92 Å². The second-order valence-corrected chi connectivity index (χ2v) is 4.01. The first-order valence-corrected chi connectivity index (χ1v) is 5.01. The Morgan fingerprint density at radius 3 is 2.44 bits per heavy atom. The Morgan fingerprint density at radius 2 is 1.94 bits per heavy atom. The maximum Gasteiger partial charge on any atom is 0.303 e. The van der Waals surface area contributed by atoms with E-state index in [0.717, 1.165) is 0 Å². The predicted octanol–water partition coefficient (Wildman–Crippen LogP) is 3.16. The molecule has 4 heteroatoms. The minimum Gasteiger partial charge on any atom is -0.481 e. The zero-order valence-corrected chi connectivity index (χ0v) is 9.47. The van der Waals surface area contributed by atoms with E-state index in [-0.39, 0.29) is 12.0 Å². The summed E-state index contributed by atoms with van der Waals surface area (Å²) < 4.78 is 26.9. The molecular formula is C12H14F2O2. The molecule has 0 aliphatic rings. The topological polar surface area (TPSA) is 37.3 Å². The molecule has 0 radical (unpaired) electrons. The monoisotopic (exact) mass is 228 g/mol. The molecule has 88 valence electrons. The van der Waals surface area contributed by atoms with Crippen molar-refractivity contribution in [3.05, 3.63) is 34.4 Å². The number of aliphatic carboxylic acids is 1. The predicted molar refractivity (Wildman–Crippen MR) is 56.5 cm³/mol. The summed E-state index contributed by atoms with van der Waals surface area (Å²) >= 11 is 0. The van der Waals surface area contributed by atoms with E-state index >= 15 is 0 Å². The summed E-state index contributed by atoms with van der Waals surface area (Å²) in [5.74, 6) is -2.60. The van der Waals surface area contributed by atoms with Gasteiger partial charge in [-0.2, -0.15) is 0 Å². The van der Waals surface area contributed by atoms with E-state index in [0.29, 0.717) is 11.1 Å². The number of hydrogen-bond donors (Lipinski definition) is 1. The molecule has 1 rings (SSSR count). The lowest BCUT2D eigenvalue weighted by molar-refractivity contribution is -0.137. The number of hydrogen-bond acceptors (Lipinski definition) is 1. The van der Waals surface area contributed by atoms with Gasteiger partial charge in [-0.3, -0.25) is 4.79 Å². The van der Waals surface area contributed by atoms with Crippen LogP contribution >= 0.6 is 0 Å². The molecule has 0 aliphatic carbocycles. The van der Waals surface area contributed by atoms with Crippen molar-refractivity contribution < 1.29 is 18.7 Å². The number of benzene rings is 1. The van der Waals surface area contributed by atoms with Crippen LogP contribution in [0.3, 0.4) is 0 Å². The lowest BCUT2D eigenvalue weighted by Gasteiger charge is -2.15. The van der Waals surface area contributed by atoms with Gasteiger partial charge >= 0.3 is 5.97 Å². The second kappa shape index (κ2) is 4.60. The van der Waals surface area contributed by atoms with Gasteiger partial charge in [0.2, 0.25) is 0 Å². The van der Waals surface area contributed by atoms with E-state index in [2.05, 4.69) is 0 Å². The molecule has 0 saturated heterocycles. The smallest absolute Gasteiger partial charge is 0.303 e. The van der Waals surface area contributed by atoms with Crippen LogP contribution < -0.4 is 0 Å². The Hall–Kier alpha value is -1.45. The number of halogens is 2. The molecule has 0 aromatic heterocycles. The molecule has 0 fully saturated rings. The number of carbonyl (C=O) groups is 1. The van der Waals surface area contributed by atoms with Crippen LogP contribution in [-0.2, 0) is 4.79 Å². The van der Waals surface area contributed by atoms with Crippen LogP contribution in [0.15, 0.2) is 6.07 Å². The summed E-state index contributed by atoms with van der Waals surface area (Å²) in [5.41, 5.74) is 0.722. The summed E-state index contributed by atoms with van der Waals surface area (Å²) in [6, 6.07) is 1.22. The van der Waals surface area contributed by atoms with Crippen LogP contribution in [0, 0.1) is 25.5 Å². The van der Waals surface area contributed by atoms with Crippen LogP contribution in [0.5, 0.6) is 0 Å². The van der Waals surface area contributed by atoms with Crippen LogP contribution in [0.2, 0.25) is 0 Å². The largest absolute Gasteiger partial charge is 0.481 e. The molecule has 1 aromatic rings. The fourth-order valence-electron chi connectivity index (χ4n) is 1.75. The summed E-state index contributed by atoms with van der Waals surface area (Å²) in [5, 5.41) is 8.64. The SMILES string of the molecule is Cc1c(F)cc(C(C)CC(=O)O)c(C)c1F. The Labute approximate surface area is 92.9 Å². The van der Waals surface area contributed by atoms with E-state index in [1.807, 2.05) is 0 Å². The van der Waals surface area contributed by atoms with Gasteiger partial charge in [-0.25, -0.2) is 8.78 Å². The van der Waals surface area contributed by atoms with Gasteiger partial charge in [0.05, 0.1) is 6.42 Å². The molecule has 0 spiro atoms. The molecule has 0 heterocycles. The van der Waals surface area contributed by atoms with Crippen LogP contribution in [0.4, 0.5) is 8.78 Å². The number of rotatable bonds is 3. The summed E-state index contributed by atoms with van der Waals surface area (Å²) in [6.45, 7) is 4.55.